The molecule has 2 heterocycles. The van der Waals surface area contributed by atoms with Crippen LogP contribution in [0.25, 0.3) is 10.6 Å². The van der Waals surface area contributed by atoms with E-state index in [1.807, 2.05) is 54.6 Å². The monoisotopic (exact) mass is 375 g/mol. The van der Waals surface area contributed by atoms with Gasteiger partial charge < -0.3 is 5.32 Å². The molecule has 6 nitrogen and oxygen atoms in total. The third-order valence-electron chi connectivity index (χ3n) is 4.04. The number of nitrogens with zero attached hydrogens (tertiary/aromatic N) is 4. The molecule has 0 bridgehead atoms. The molecule has 0 aliphatic heterocycles. The van der Waals surface area contributed by atoms with Gasteiger partial charge in [-0.15, -0.1) is 11.3 Å². The van der Waals surface area contributed by atoms with Crippen LogP contribution in [0.1, 0.15) is 21.6 Å². The first-order valence-corrected chi connectivity index (χ1v) is 9.35. The van der Waals surface area contributed by atoms with Gasteiger partial charge in [-0.2, -0.15) is 5.10 Å². The Balaban J connectivity index is 1.34. The van der Waals surface area contributed by atoms with Gasteiger partial charge in [0.2, 0.25) is 0 Å². The van der Waals surface area contributed by atoms with Crippen LogP contribution in [0.5, 0.6) is 0 Å². The zero-order valence-corrected chi connectivity index (χ0v) is 15.3. The second kappa shape index (κ2) is 7.92. The highest BCUT2D eigenvalue weighted by atomic mass is 32.1. The zero-order valence-electron chi connectivity index (χ0n) is 14.4. The summed E-state index contributed by atoms with van der Waals surface area (Å²) in [5.74, 6) is -0.167. The van der Waals surface area contributed by atoms with Gasteiger partial charge in [0.05, 0.1) is 6.54 Å². The number of aromatic nitrogens is 4. The largest absolute Gasteiger partial charge is 0.347 e. The highest BCUT2D eigenvalue weighted by molar-refractivity contribution is 7.13. The summed E-state index contributed by atoms with van der Waals surface area (Å²) in [7, 11) is 0. The lowest BCUT2D eigenvalue weighted by Crippen LogP contribution is -2.23. The van der Waals surface area contributed by atoms with E-state index in [0.717, 1.165) is 21.7 Å². The fourth-order valence-electron chi connectivity index (χ4n) is 2.63. The van der Waals surface area contributed by atoms with E-state index in [1.54, 1.807) is 16.4 Å². The van der Waals surface area contributed by atoms with E-state index < -0.39 is 0 Å². The Morgan fingerprint density at radius 3 is 2.56 bits per heavy atom. The van der Waals surface area contributed by atoms with Crippen molar-refractivity contribution in [2.75, 3.05) is 0 Å². The zero-order chi connectivity index (χ0) is 18.5. The van der Waals surface area contributed by atoms with E-state index in [2.05, 4.69) is 20.4 Å². The predicted molar refractivity (Wildman–Crippen MR) is 104 cm³/mol. The normalized spacial score (nSPS) is 10.7. The van der Waals surface area contributed by atoms with Gasteiger partial charge in [-0.05, 0) is 11.1 Å². The number of amides is 1. The number of nitrogens with one attached hydrogen (secondary N) is 1. The van der Waals surface area contributed by atoms with Crippen molar-refractivity contribution in [1.29, 1.82) is 0 Å². The average Bonchev–Trinajstić information content (AvgIpc) is 3.40. The molecule has 1 N–H and O–H groups in total. The summed E-state index contributed by atoms with van der Waals surface area (Å²) in [5.41, 5.74) is 3.62. The Labute approximate surface area is 160 Å². The van der Waals surface area contributed by atoms with Gasteiger partial charge in [0, 0.05) is 17.5 Å². The predicted octanol–water partition coefficient (Wildman–Crippen LogP) is 3.38. The van der Waals surface area contributed by atoms with E-state index in [1.165, 1.54) is 17.7 Å². The lowest BCUT2D eigenvalue weighted by atomic mass is 10.1. The van der Waals surface area contributed by atoms with Crippen LogP contribution in [0.15, 0.2) is 72.6 Å². The van der Waals surface area contributed by atoms with Gasteiger partial charge in [0.1, 0.15) is 23.4 Å². The summed E-state index contributed by atoms with van der Waals surface area (Å²) >= 11 is 1.47. The van der Waals surface area contributed by atoms with Crippen LogP contribution in [0.3, 0.4) is 0 Å². The molecule has 4 rings (SSSR count). The third-order valence-corrected chi connectivity index (χ3v) is 4.94. The van der Waals surface area contributed by atoms with Gasteiger partial charge in [-0.25, -0.2) is 14.6 Å². The van der Waals surface area contributed by atoms with Crippen LogP contribution >= 0.6 is 11.3 Å². The van der Waals surface area contributed by atoms with Crippen LogP contribution in [0, 0.1) is 0 Å². The van der Waals surface area contributed by atoms with Crippen LogP contribution in [0.2, 0.25) is 0 Å². The minimum absolute atomic E-state index is 0.167. The quantitative estimate of drug-likeness (QED) is 0.561. The first-order chi connectivity index (χ1) is 13.3. The van der Waals surface area contributed by atoms with Crippen LogP contribution in [-0.4, -0.2) is 25.7 Å². The Morgan fingerprint density at radius 2 is 1.81 bits per heavy atom. The average molecular weight is 375 g/mol. The van der Waals surface area contributed by atoms with Crippen LogP contribution < -0.4 is 5.32 Å². The summed E-state index contributed by atoms with van der Waals surface area (Å²) in [4.78, 5) is 20.7. The topological polar surface area (TPSA) is 72.7 Å². The van der Waals surface area contributed by atoms with Gasteiger partial charge in [-0.1, -0.05) is 54.6 Å². The number of rotatable bonds is 6. The minimum atomic E-state index is -0.167. The second-order valence-electron chi connectivity index (χ2n) is 6.00. The number of hydrogen-bond donors (Lipinski definition) is 1. The van der Waals surface area contributed by atoms with Gasteiger partial charge >= 0.3 is 0 Å². The number of hydrogen-bond acceptors (Lipinski definition) is 5. The molecule has 0 fully saturated rings. The van der Waals surface area contributed by atoms with Crippen molar-refractivity contribution in [3.8, 4) is 10.6 Å². The molecule has 7 heteroatoms. The van der Waals surface area contributed by atoms with E-state index >= 15 is 0 Å². The van der Waals surface area contributed by atoms with Crippen molar-refractivity contribution in [1.82, 2.24) is 25.1 Å². The summed E-state index contributed by atoms with van der Waals surface area (Å²) in [6, 6.07) is 17.9. The van der Waals surface area contributed by atoms with Crippen molar-refractivity contribution in [2.24, 2.45) is 0 Å². The fraction of sp³-hybridized carbons (Fsp3) is 0.100. The summed E-state index contributed by atoms with van der Waals surface area (Å²) in [6.07, 6.45) is 3.21. The van der Waals surface area contributed by atoms with Crippen molar-refractivity contribution in [2.45, 2.75) is 13.1 Å². The molecule has 0 unspecified atom stereocenters. The molecule has 2 aromatic heterocycles. The van der Waals surface area contributed by atoms with Crippen molar-refractivity contribution in [3.63, 3.8) is 0 Å². The molecule has 27 heavy (non-hydrogen) atoms. The first-order valence-electron chi connectivity index (χ1n) is 8.47. The van der Waals surface area contributed by atoms with Gasteiger partial charge in [-0.3, -0.25) is 4.79 Å². The number of benzene rings is 2. The lowest BCUT2D eigenvalue weighted by Gasteiger charge is -2.06. The molecule has 4 aromatic rings. The Hall–Kier alpha value is -3.32. The van der Waals surface area contributed by atoms with E-state index in [-0.39, 0.29) is 5.91 Å². The number of thiazole rings is 1. The van der Waals surface area contributed by atoms with E-state index in [9.17, 15) is 4.79 Å². The Morgan fingerprint density at radius 1 is 1.04 bits per heavy atom. The Bertz CT molecular complexity index is 1010. The third kappa shape index (κ3) is 4.27. The minimum Gasteiger partial charge on any atom is -0.347 e. The standard InChI is InChI=1S/C20H17N5OS/c26-19(18-12-27-20(24-18)17-4-2-1-3-5-17)22-10-15-6-8-16(9-7-15)11-25-14-21-13-23-25/h1-9,12-14H,10-11H2,(H,22,26). The van der Waals surface area contributed by atoms with Crippen molar-refractivity contribution >= 4 is 17.2 Å². The van der Waals surface area contributed by atoms with Gasteiger partial charge in [0.25, 0.3) is 5.91 Å². The fourth-order valence-corrected chi connectivity index (χ4v) is 3.43. The Kier molecular flexibility index (Phi) is 5.02. The summed E-state index contributed by atoms with van der Waals surface area (Å²) < 4.78 is 1.77. The molecule has 1 amide bonds. The van der Waals surface area contributed by atoms with Crippen LogP contribution in [0.4, 0.5) is 0 Å². The molecule has 0 spiro atoms. The molecular weight excluding hydrogens is 358 g/mol. The second-order valence-corrected chi connectivity index (χ2v) is 6.85. The van der Waals surface area contributed by atoms with Gasteiger partial charge in [0.15, 0.2) is 0 Å². The highest BCUT2D eigenvalue weighted by Gasteiger charge is 2.11. The molecule has 0 radical (unpaired) electrons. The summed E-state index contributed by atoms with van der Waals surface area (Å²) in [5, 5.41) is 9.65. The highest BCUT2D eigenvalue weighted by Crippen LogP contribution is 2.23. The number of carbonyl (C=O) groups excluding carboxylic acids is 1. The molecule has 0 saturated carbocycles. The SMILES string of the molecule is O=C(NCc1ccc(Cn2cncn2)cc1)c1csc(-c2ccccc2)n1. The molecule has 0 aliphatic rings. The maximum atomic E-state index is 12.4. The maximum Gasteiger partial charge on any atom is 0.271 e. The molecule has 2 aromatic carbocycles. The van der Waals surface area contributed by atoms with E-state index in [4.69, 9.17) is 0 Å². The summed E-state index contributed by atoms with van der Waals surface area (Å²) in [6.45, 7) is 1.13. The first kappa shape index (κ1) is 17.1. The molecule has 0 aliphatic carbocycles. The lowest BCUT2D eigenvalue weighted by molar-refractivity contribution is 0.0946. The maximum absolute atomic E-state index is 12.4. The molecule has 0 atom stereocenters. The molecular formula is C20H17N5OS. The van der Waals surface area contributed by atoms with E-state index in [0.29, 0.717) is 18.8 Å². The van der Waals surface area contributed by atoms with Crippen molar-refractivity contribution < 1.29 is 4.79 Å². The van der Waals surface area contributed by atoms with Crippen molar-refractivity contribution in [3.05, 3.63) is 89.5 Å². The number of carbonyl (C=O) groups is 1. The van der Waals surface area contributed by atoms with Crippen LogP contribution in [-0.2, 0) is 13.1 Å². The molecule has 0 saturated heterocycles. The smallest absolute Gasteiger partial charge is 0.271 e. The molecule has 134 valence electrons.